The monoisotopic (exact) mass is 324 g/mol. The van der Waals surface area contributed by atoms with Gasteiger partial charge in [-0.2, -0.15) is 0 Å². The summed E-state index contributed by atoms with van der Waals surface area (Å²) in [7, 11) is -3.36. The van der Waals surface area contributed by atoms with Crippen LogP contribution in [-0.2, 0) is 10.0 Å². The molecule has 1 fully saturated rings. The third-order valence-electron chi connectivity index (χ3n) is 2.60. The summed E-state index contributed by atoms with van der Waals surface area (Å²) in [5.74, 6) is 0. The molecule has 0 saturated heterocycles. The third kappa shape index (κ3) is 2.48. The summed E-state index contributed by atoms with van der Waals surface area (Å²) in [6, 6.07) is 1.82. The second-order valence-electron chi connectivity index (χ2n) is 4.07. The van der Waals surface area contributed by atoms with Gasteiger partial charge in [-0.05, 0) is 47.3 Å². The lowest BCUT2D eigenvalue weighted by molar-refractivity contribution is 0.327. The molecule has 1 heterocycles. The van der Waals surface area contributed by atoms with Gasteiger partial charge in [0.05, 0.1) is 3.79 Å². The number of rotatable bonds is 3. The second-order valence-corrected chi connectivity index (χ2v) is 8.38. The standard InChI is InChI=1S/C9H13BrN2O2S2/c1-5-2-8(15-9(5)10)16(13,14)12-7-3-6(11)4-7/h2,6-7,12H,3-4,11H2,1H3. The number of nitrogens with two attached hydrogens (primary N) is 1. The highest BCUT2D eigenvalue weighted by Gasteiger charge is 2.31. The summed E-state index contributed by atoms with van der Waals surface area (Å²) < 4.78 is 27.8. The number of halogens is 1. The Balaban J connectivity index is 2.13. The molecule has 0 atom stereocenters. The van der Waals surface area contributed by atoms with Gasteiger partial charge in [0.1, 0.15) is 4.21 Å². The van der Waals surface area contributed by atoms with Crippen LogP contribution >= 0.6 is 27.3 Å². The molecular formula is C9H13BrN2O2S2. The van der Waals surface area contributed by atoms with Gasteiger partial charge in [0.25, 0.3) is 0 Å². The van der Waals surface area contributed by atoms with Gasteiger partial charge < -0.3 is 5.73 Å². The zero-order chi connectivity index (χ0) is 11.9. The molecule has 0 amide bonds. The van der Waals surface area contributed by atoms with Crippen LogP contribution in [0.15, 0.2) is 14.1 Å². The van der Waals surface area contributed by atoms with Crippen LogP contribution in [0.4, 0.5) is 0 Å². The van der Waals surface area contributed by atoms with E-state index in [0.717, 1.165) is 22.2 Å². The van der Waals surface area contributed by atoms with E-state index in [-0.39, 0.29) is 12.1 Å². The zero-order valence-corrected chi connectivity index (χ0v) is 12.0. The molecular weight excluding hydrogens is 312 g/mol. The highest BCUT2D eigenvalue weighted by Crippen LogP contribution is 2.31. The first-order chi connectivity index (χ1) is 7.38. The van der Waals surface area contributed by atoms with E-state index in [1.165, 1.54) is 11.3 Å². The first-order valence-electron chi connectivity index (χ1n) is 4.92. The smallest absolute Gasteiger partial charge is 0.250 e. The Hall–Kier alpha value is 0.0500. The summed E-state index contributed by atoms with van der Waals surface area (Å²) in [5, 5.41) is 0. The summed E-state index contributed by atoms with van der Waals surface area (Å²) in [6.45, 7) is 1.87. The molecule has 0 aliphatic heterocycles. The summed E-state index contributed by atoms with van der Waals surface area (Å²) >= 11 is 4.56. The van der Waals surface area contributed by atoms with Crippen LogP contribution < -0.4 is 10.5 Å². The van der Waals surface area contributed by atoms with Gasteiger partial charge in [0, 0.05) is 12.1 Å². The SMILES string of the molecule is Cc1cc(S(=O)(=O)NC2CC(N)C2)sc1Br. The van der Waals surface area contributed by atoms with Crippen molar-refractivity contribution in [3.8, 4) is 0 Å². The van der Waals surface area contributed by atoms with E-state index in [0.29, 0.717) is 4.21 Å². The maximum Gasteiger partial charge on any atom is 0.250 e. The summed E-state index contributed by atoms with van der Waals surface area (Å²) in [4.78, 5) is 0. The Morgan fingerprint density at radius 1 is 1.56 bits per heavy atom. The number of aryl methyl sites for hydroxylation is 1. The highest BCUT2D eigenvalue weighted by atomic mass is 79.9. The molecule has 7 heteroatoms. The van der Waals surface area contributed by atoms with Gasteiger partial charge in [-0.15, -0.1) is 11.3 Å². The molecule has 1 aliphatic rings. The number of thiophene rings is 1. The van der Waals surface area contributed by atoms with Crippen LogP contribution in [0.25, 0.3) is 0 Å². The molecule has 1 aliphatic carbocycles. The Bertz CT molecular complexity index is 472. The van der Waals surface area contributed by atoms with Crippen molar-refractivity contribution in [2.24, 2.45) is 5.73 Å². The molecule has 0 unspecified atom stereocenters. The fraction of sp³-hybridized carbons (Fsp3) is 0.556. The van der Waals surface area contributed by atoms with E-state index in [4.69, 9.17) is 5.73 Å². The molecule has 1 aromatic heterocycles. The largest absolute Gasteiger partial charge is 0.328 e. The van der Waals surface area contributed by atoms with E-state index in [1.807, 2.05) is 6.92 Å². The van der Waals surface area contributed by atoms with Crippen molar-refractivity contribution in [2.45, 2.75) is 36.1 Å². The maximum atomic E-state index is 11.9. The molecule has 16 heavy (non-hydrogen) atoms. The topological polar surface area (TPSA) is 72.2 Å². The minimum atomic E-state index is -3.36. The van der Waals surface area contributed by atoms with Crippen LogP contribution in [0, 0.1) is 6.92 Å². The van der Waals surface area contributed by atoms with E-state index in [2.05, 4.69) is 20.7 Å². The average Bonchev–Trinajstić information content (AvgIpc) is 2.45. The van der Waals surface area contributed by atoms with Gasteiger partial charge in [-0.3, -0.25) is 0 Å². The Kier molecular flexibility index (Phi) is 3.42. The first-order valence-corrected chi connectivity index (χ1v) is 8.01. The van der Waals surface area contributed by atoms with Crippen molar-refractivity contribution in [3.63, 3.8) is 0 Å². The third-order valence-corrected chi connectivity index (χ3v) is 6.73. The fourth-order valence-electron chi connectivity index (χ4n) is 1.60. The van der Waals surface area contributed by atoms with Crippen molar-refractivity contribution in [1.29, 1.82) is 0 Å². The lowest BCUT2D eigenvalue weighted by atomic mass is 9.89. The van der Waals surface area contributed by atoms with Crippen molar-refractivity contribution in [2.75, 3.05) is 0 Å². The van der Waals surface area contributed by atoms with Gasteiger partial charge in [0.15, 0.2) is 0 Å². The molecule has 2 rings (SSSR count). The molecule has 4 nitrogen and oxygen atoms in total. The normalized spacial score (nSPS) is 25.4. The summed E-state index contributed by atoms with van der Waals surface area (Å²) in [6.07, 6.45) is 1.45. The van der Waals surface area contributed by atoms with Gasteiger partial charge in [-0.25, -0.2) is 13.1 Å². The minimum Gasteiger partial charge on any atom is -0.328 e. The molecule has 0 radical (unpaired) electrons. The van der Waals surface area contributed by atoms with Crippen molar-refractivity contribution >= 4 is 37.3 Å². The number of hydrogen-bond acceptors (Lipinski definition) is 4. The first kappa shape index (κ1) is 12.5. The predicted molar refractivity (Wildman–Crippen MR) is 68.1 cm³/mol. The quantitative estimate of drug-likeness (QED) is 0.886. The molecule has 0 spiro atoms. The molecule has 90 valence electrons. The van der Waals surface area contributed by atoms with Gasteiger partial charge in [0.2, 0.25) is 10.0 Å². The van der Waals surface area contributed by atoms with Crippen molar-refractivity contribution in [3.05, 3.63) is 15.4 Å². The van der Waals surface area contributed by atoms with Crippen molar-refractivity contribution < 1.29 is 8.42 Å². The number of nitrogens with one attached hydrogen (secondary N) is 1. The summed E-state index contributed by atoms with van der Waals surface area (Å²) in [5.41, 5.74) is 6.56. The predicted octanol–water partition coefficient (Wildman–Crippen LogP) is 1.59. The second kappa shape index (κ2) is 4.38. The molecule has 1 aromatic rings. The number of hydrogen-bond donors (Lipinski definition) is 2. The number of sulfonamides is 1. The van der Waals surface area contributed by atoms with Crippen LogP contribution in [0.5, 0.6) is 0 Å². The van der Waals surface area contributed by atoms with Crippen LogP contribution in [0.3, 0.4) is 0 Å². The van der Waals surface area contributed by atoms with E-state index < -0.39 is 10.0 Å². The fourth-order valence-corrected chi connectivity index (χ4v) is 5.10. The zero-order valence-electron chi connectivity index (χ0n) is 8.73. The lowest BCUT2D eigenvalue weighted by Crippen LogP contribution is -2.50. The Morgan fingerprint density at radius 2 is 2.19 bits per heavy atom. The lowest BCUT2D eigenvalue weighted by Gasteiger charge is -2.32. The van der Waals surface area contributed by atoms with Crippen LogP contribution in [0.1, 0.15) is 18.4 Å². The molecule has 1 saturated carbocycles. The van der Waals surface area contributed by atoms with Crippen LogP contribution in [-0.4, -0.2) is 20.5 Å². The maximum absolute atomic E-state index is 11.9. The average molecular weight is 325 g/mol. The Labute approximate surface area is 107 Å². The minimum absolute atomic E-state index is 0.00109. The molecule has 3 N–H and O–H groups in total. The van der Waals surface area contributed by atoms with Gasteiger partial charge in [-0.1, -0.05) is 0 Å². The highest BCUT2D eigenvalue weighted by molar-refractivity contribution is 9.11. The van der Waals surface area contributed by atoms with E-state index >= 15 is 0 Å². The molecule has 0 aromatic carbocycles. The molecule has 0 bridgehead atoms. The van der Waals surface area contributed by atoms with Crippen LogP contribution in [0.2, 0.25) is 0 Å². The van der Waals surface area contributed by atoms with Gasteiger partial charge >= 0.3 is 0 Å². The van der Waals surface area contributed by atoms with E-state index in [9.17, 15) is 8.42 Å². The van der Waals surface area contributed by atoms with E-state index in [1.54, 1.807) is 6.07 Å². The Morgan fingerprint density at radius 3 is 2.62 bits per heavy atom. The van der Waals surface area contributed by atoms with Crippen molar-refractivity contribution in [1.82, 2.24) is 4.72 Å².